The fraction of sp³-hybridized carbons (Fsp3) is 0.333. The van der Waals surface area contributed by atoms with Crippen molar-refractivity contribution in [3.05, 3.63) is 60.2 Å². The number of halogens is 1. The maximum absolute atomic E-state index is 5.84. The topological polar surface area (TPSA) is 29.3 Å². The van der Waals surface area contributed by atoms with Crippen LogP contribution in [0.3, 0.4) is 0 Å². The number of nitrogens with zero attached hydrogens (tertiary/aromatic N) is 1. The minimum absolute atomic E-state index is 0. The summed E-state index contributed by atoms with van der Waals surface area (Å²) >= 11 is 0. The van der Waals surface area contributed by atoms with Crippen LogP contribution < -0.4 is 5.73 Å². The Labute approximate surface area is 133 Å². The van der Waals surface area contributed by atoms with Gasteiger partial charge in [-0.3, -0.25) is 4.90 Å². The second-order valence-electron chi connectivity index (χ2n) is 5.57. The van der Waals surface area contributed by atoms with E-state index >= 15 is 0 Å². The highest BCUT2D eigenvalue weighted by Gasteiger charge is 2.22. The van der Waals surface area contributed by atoms with Crippen LogP contribution in [-0.2, 0) is 6.54 Å². The molecular weight excluding hydrogens is 280 g/mol. The monoisotopic (exact) mass is 302 g/mol. The van der Waals surface area contributed by atoms with E-state index in [1.807, 2.05) is 0 Å². The van der Waals surface area contributed by atoms with Crippen LogP contribution in [0.15, 0.2) is 54.6 Å². The second kappa shape index (κ2) is 7.60. The van der Waals surface area contributed by atoms with Crippen LogP contribution >= 0.6 is 12.4 Å². The van der Waals surface area contributed by atoms with Crippen molar-refractivity contribution in [1.82, 2.24) is 4.90 Å². The minimum Gasteiger partial charge on any atom is -0.329 e. The lowest BCUT2D eigenvalue weighted by Crippen LogP contribution is -2.34. The van der Waals surface area contributed by atoms with E-state index in [1.165, 1.54) is 36.1 Å². The van der Waals surface area contributed by atoms with Crippen LogP contribution in [0.1, 0.15) is 18.4 Å². The first-order chi connectivity index (χ1) is 9.86. The molecule has 0 aliphatic carbocycles. The molecule has 0 radical (unpaired) electrons. The van der Waals surface area contributed by atoms with E-state index in [0.29, 0.717) is 6.04 Å². The standard InChI is InChI=1S/C18H22N2.ClH/c19-13-18-7-4-12-20(18)14-15-8-10-17(11-9-15)16-5-2-1-3-6-16;/h1-3,5-6,8-11,18H,4,7,12-14,19H2;1H. The summed E-state index contributed by atoms with van der Waals surface area (Å²) in [4.78, 5) is 2.51. The third kappa shape index (κ3) is 3.85. The molecule has 1 unspecified atom stereocenters. The van der Waals surface area contributed by atoms with Gasteiger partial charge in [-0.2, -0.15) is 0 Å². The van der Waals surface area contributed by atoms with Gasteiger partial charge in [0.1, 0.15) is 0 Å². The van der Waals surface area contributed by atoms with Gasteiger partial charge in [0.15, 0.2) is 0 Å². The maximum Gasteiger partial charge on any atom is 0.0237 e. The predicted octanol–water partition coefficient (Wildman–Crippen LogP) is 3.70. The lowest BCUT2D eigenvalue weighted by Gasteiger charge is -2.23. The maximum atomic E-state index is 5.84. The van der Waals surface area contributed by atoms with E-state index in [2.05, 4.69) is 59.5 Å². The van der Waals surface area contributed by atoms with Gasteiger partial charge in [-0.05, 0) is 36.1 Å². The van der Waals surface area contributed by atoms with Gasteiger partial charge in [0.05, 0.1) is 0 Å². The van der Waals surface area contributed by atoms with Gasteiger partial charge in [0.25, 0.3) is 0 Å². The Morgan fingerprint density at radius 3 is 2.29 bits per heavy atom. The fourth-order valence-electron chi connectivity index (χ4n) is 3.04. The molecule has 1 aliphatic rings. The quantitative estimate of drug-likeness (QED) is 0.933. The zero-order valence-electron chi connectivity index (χ0n) is 12.2. The van der Waals surface area contributed by atoms with E-state index in [0.717, 1.165) is 13.1 Å². The van der Waals surface area contributed by atoms with Gasteiger partial charge >= 0.3 is 0 Å². The zero-order valence-corrected chi connectivity index (χ0v) is 13.1. The normalized spacial score (nSPS) is 18.4. The molecule has 0 spiro atoms. The van der Waals surface area contributed by atoms with E-state index < -0.39 is 0 Å². The molecule has 1 aliphatic heterocycles. The molecule has 1 heterocycles. The number of rotatable bonds is 4. The number of nitrogens with two attached hydrogens (primary N) is 1. The van der Waals surface area contributed by atoms with Crippen molar-refractivity contribution < 1.29 is 0 Å². The van der Waals surface area contributed by atoms with Crippen LogP contribution in [0.4, 0.5) is 0 Å². The summed E-state index contributed by atoms with van der Waals surface area (Å²) in [7, 11) is 0. The van der Waals surface area contributed by atoms with Crippen molar-refractivity contribution >= 4 is 12.4 Å². The Hall–Kier alpha value is -1.35. The molecule has 21 heavy (non-hydrogen) atoms. The summed E-state index contributed by atoms with van der Waals surface area (Å²) in [6.45, 7) is 2.99. The number of hydrogen-bond donors (Lipinski definition) is 1. The van der Waals surface area contributed by atoms with Gasteiger partial charge < -0.3 is 5.73 Å². The van der Waals surface area contributed by atoms with Crippen LogP contribution in [-0.4, -0.2) is 24.0 Å². The third-order valence-corrected chi connectivity index (χ3v) is 4.22. The molecule has 0 aromatic heterocycles. The van der Waals surface area contributed by atoms with Gasteiger partial charge in [0, 0.05) is 19.1 Å². The predicted molar refractivity (Wildman–Crippen MR) is 91.6 cm³/mol. The van der Waals surface area contributed by atoms with E-state index in [1.54, 1.807) is 0 Å². The van der Waals surface area contributed by atoms with Gasteiger partial charge in [-0.25, -0.2) is 0 Å². The van der Waals surface area contributed by atoms with Gasteiger partial charge in [-0.1, -0.05) is 54.6 Å². The van der Waals surface area contributed by atoms with Gasteiger partial charge in [0.2, 0.25) is 0 Å². The number of likely N-dealkylation sites (tertiary alicyclic amines) is 1. The molecule has 3 rings (SSSR count). The molecule has 3 heteroatoms. The van der Waals surface area contributed by atoms with Crippen molar-refractivity contribution in [2.45, 2.75) is 25.4 Å². The highest BCUT2D eigenvalue weighted by Crippen LogP contribution is 2.22. The summed E-state index contributed by atoms with van der Waals surface area (Å²) in [6.07, 6.45) is 2.53. The number of hydrogen-bond acceptors (Lipinski definition) is 2. The number of benzene rings is 2. The van der Waals surface area contributed by atoms with Crippen molar-refractivity contribution in [2.75, 3.05) is 13.1 Å². The summed E-state index contributed by atoms with van der Waals surface area (Å²) in [6, 6.07) is 20.0. The highest BCUT2D eigenvalue weighted by molar-refractivity contribution is 5.85. The summed E-state index contributed by atoms with van der Waals surface area (Å²) in [5.74, 6) is 0. The third-order valence-electron chi connectivity index (χ3n) is 4.22. The second-order valence-corrected chi connectivity index (χ2v) is 5.57. The van der Waals surface area contributed by atoms with E-state index in [4.69, 9.17) is 5.73 Å². The molecule has 2 aromatic rings. The fourth-order valence-corrected chi connectivity index (χ4v) is 3.04. The first-order valence-corrected chi connectivity index (χ1v) is 7.45. The Morgan fingerprint density at radius 1 is 0.952 bits per heavy atom. The largest absolute Gasteiger partial charge is 0.329 e. The molecule has 2 aromatic carbocycles. The van der Waals surface area contributed by atoms with Crippen molar-refractivity contribution in [1.29, 1.82) is 0 Å². The molecule has 0 saturated carbocycles. The molecular formula is C18H23ClN2. The average Bonchev–Trinajstić information content (AvgIpc) is 2.96. The SMILES string of the molecule is Cl.NCC1CCCN1Cc1ccc(-c2ccccc2)cc1. The molecule has 0 amide bonds. The van der Waals surface area contributed by atoms with Crippen molar-refractivity contribution in [3.63, 3.8) is 0 Å². The zero-order chi connectivity index (χ0) is 13.8. The molecule has 0 bridgehead atoms. The first-order valence-electron chi connectivity index (χ1n) is 7.45. The molecule has 1 atom stereocenters. The van der Waals surface area contributed by atoms with Gasteiger partial charge in [-0.15, -0.1) is 12.4 Å². The summed E-state index contributed by atoms with van der Waals surface area (Å²) < 4.78 is 0. The Balaban J connectivity index is 0.00000161. The average molecular weight is 303 g/mol. The highest BCUT2D eigenvalue weighted by atomic mass is 35.5. The molecule has 1 fully saturated rings. The first kappa shape index (κ1) is 16.0. The summed E-state index contributed by atoms with van der Waals surface area (Å²) in [5.41, 5.74) is 9.78. The van der Waals surface area contributed by atoms with Crippen molar-refractivity contribution in [2.24, 2.45) is 5.73 Å². The Morgan fingerprint density at radius 2 is 1.62 bits per heavy atom. The van der Waals surface area contributed by atoms with Crippen LogP contribution in [0, 0.1) is 0 Å². The molecule has 112 valence electrons. The Bertz CT molecular complexity index is 539. The molecule has 1 saturated heterocycles. The molecule has 2 nitrogen and oxygen atoms in total. The lowest BCUT2D eigenvalue weighted by atomic mass is 10.0. The van der Waals surface area contributed by atoms with Crippen LogP contribution in [0.5, 0.6) is 0 Å². The lowest BCUT2D eigenvalue weighted by molar-refractivity contribution is 0.250. The van der Waals surface area contributed by atoms with Crippen LogP contribution in [0.25, 0.3) is 11.1 Å². The van der Waals surface area contributed by atoms with Crippen molar-refractivity contribution in [3.8, 4) is 11.1 Å². The summed E-state index contributed by atoms with van der Waals surface area (Å²) in [5, 5.41) is 0. The van der Waals surface area contributed by atoms with E-state index in [-0.39, 0.29) is 12.4 Å². The van der Waals surface area contributed by atoms with E-state index in [9.17, 15) is 0 Å². The smallest absolute Gasteiger partial charge is 0.0237 e. The van der Waals surface area contributed by atoms with Crippen LogP contribution in [0.2, 0.25) is 0 Å². The minimum atomic E-state index is 0. The Kier molecular flexibility index (Phi) is 5.80. The molecule has 2 N–H and O–H groups in total.